The van der Waals surface area contributed by atoms with Gasteiger partial charge in [-0.3, -0.25) is 19.6 Å². The van der Waals surface area contributed by atoms with E-state index in [9.17, 15) is 14.4 Å². The zero-order chi connectivity index (χ0) is 26.6. The molecule has 0 radical (unpaired) electrons. The molecule has 0 spiro atoms. The maximum absolute atomic E-state index is 12.9. The lowest BCUT2D eigenvalue weighted by Crippen LogP contribution is -2.27. The molecule has 0 aromatic heterocycles. The predicted molar refractivity (Wildman–Crippen MR) is 147 cm³/mol. The van der Waals surface area contributed by atoms with Crippen molar-refractivity contribution in [2.45, 2.75) is 71.3 Å². The molecule has 1 aliphatic carbocycles. The summed E-state index contributed by atoms with van der Waals surface area (Å²) in [6, 6.07) is 13.9. The maximum atomic E-state index is 12.9. The number of aryl methyl sites for hydroxylation is 1. The van der Waals surface area contributed by atoms with Gasteiger partial charge in [-0.2, -0.15) is 0 Å². The molecule has 0 fully saturated rings. The highest BCUT2D eigenvalue weighted by molar-refractivity contribution is 5.95. The number of hydrogen-bond acceptors (Lipinski definition) is 5. The Balaban J connectivity index is 1.47. The SMILES string of the molecule is CCN(CC)c1ccc(C(=O)NC2CCc3cc(C=CC(=O)CCCCCCC(=O)NO)ccc32)cc1. The maximum Gasteiger partial charge on any atom is 0.251 e. The number of anilines is 1. The summed E-state index contributed by atoms with van der Waals surface area (Å²) in [6.45, 7) is 6.11. The fourth-order valence-corrected chi connectivity index (χ4v) is 4.81. The summed E-state index contributed by atoms with van der Waals surface area (Å²) in [5.74, 6) is -0.344. The molecule has 7 heteroatoms. The topological polar surface area (TPSA) is 98.7 Å². The van der Waals surface area contributed by atoms with Crippen molar-refractivity contribution in [3.63, 3.8) is 0 Å². The summed E-state index contributed by atoms with van der Waals surface area (Å²) >= 11 is 0. The minimum absolute atomic E-state index is 0.00641. The Hall–Kier alpha value is -3.45. The Kier molecular flexibility index (Phi) is 10.9. The number of unbranched alkanes of at least 4 members (excludes halogenated alkanes) is 3. The highest BCUT2D eigenvalue weighted by Crippen LogP contribution is 2.32. The zero-order valence-electron chi connectivity index (χ0n) is 22.0. The van der Waals surface area contributed by atoms with Gasteiger partial charge in [0.1, 0.15) is 0 Å². The summed E-state index contributed by atoms with van der Waals surface area (Å²) in [4.78, 5) is 38.3. The molecule has 0 heterocycles. The lowest BCUT2D eigenvalue weighted by molar-refractivity contribution is -0.129. The summed E-state index contributed by atoms with van der Waals surface area (Å²) in [5, 5.41) is 11.7. The molecule has 1 unspecified atom stereocenters. The Morgan fingerprint density at radius 3 is 2.35 bits per heavy atom. The number of carbonyl (C=O) groups is 3. The van der Waals surface area contributed by atoms with Crippen LogP contribution in [0.2, 0.25) is 0 Å². The van der Waals surface area contributed by atoms with Crippen LogP contribution in [-0.2, 0) is 16.0 Å². The van der Waals surface area contributed by atoms with Crippen molar-refractivity contribution in [1.29, 1.82) is 0 Å². The highest BCUT2D eigenvalue weighted by atomic mass is 16.5. The minimum Gasteiger partial charge on any atom is -0.372 e. The number of ketones is 1. The third-order valence-electron chi connectivity index (χ3n) is 6.97. The second-order valence-electron chi connectivity index (χ2n) is 9.49. The molecule has 3 N–H and O–H groups in total. The molecule has 0 aliphatic heterocycles. The number of nitrogens with one attached hydrogen (secondary N) is 2. The summed E-state index contributed by atoms with van der Waals surface area (Å²) in [5.41, 5.74) is 6.76. The van der Waals surface area contributed by atoms with E-state index in [1.807, 2.05) is 36.4 Å². The van der Waals surface area contributed by atoms with Crippen molar-refractivity contribution < 1.29 is 19.6 Å². The molecule has 1 atom stereocenters. The molecule has 0 saturated carbocycles. The Morgan fingerprint density at radius 2 is 1.68 bits per heavy atom. The van der Waals surface area contributed by atoms with Crippen molar-refractivity contribution in [3.05, 3.63) is 70.8 Å². The van der Waals surface area contributed by atoms with Crippen LogP contribution in [0.3, 0.4) is 0 Å². The Bertz CT molecular complexity index is 1090. The number of amides is 2. The van der Waals surface area contributed by atoms with Gasteiger partial charge in [0.2, 0.25) is 5.91 Å². The summed E-state index contributed by atoms with van der Waals surface area (Å²) < 4.78 is 0. The molecular weight excluding hydrogens is 466 g/mol. The molecule has 2 amide bonds. The van der Waals surface area contributed by atoms with Crippen LogP contribution >= 0.6 is 0 Å². The number of carbonyl (C=O) groups excluding carboxylic acids is 3. The van der Waals surface area contributed by atoms with E-state index in [0.717, 1.165) is 62.0 Å². The molecule has 0 saturated heterocycles. The smallest absolute Gasteiger partial charge is 0.251 e. The van der Waals surface area contributed by atoms with E-state index < -0.39 is 0 Å². The molecule has 7 nitrogen and oxygen atoms in total. The van der Waals surface area contributed by atoms with Crippen LogP contribution in [0.5, 0.6) is 0 Å². The van der Waals surface area contributed by atoms with E-state index in [2.05, 4.69) is 36.2 Å². The summed E-state index contributed by atoms with van der Waals surface area (Å²) in [6.07, 6.45) is 9.27. The third kappa shape index (κ3) is 8.29. The Labute approximate surface area is 219 Å². The van der Waals surface area contributed by atoms with E-state index in [1.54, 1.807) is 11.6 Å². The van der Waals surface area contributed by atoms with Crippen molar-refractivity contribution in [3.8, 4) is 0 Å². The number of benzene rings is 2. The normalized spacial score (nSPS) is 14.4. The standard InChI is InChI=1S/C30H39N3O4/c1-3-33(4-2)25-16-13-23(14-17-25)30(36)31-28-20-15-24-21-22(12-19-27(24)28)11-18-26(34)9-7-5-6-8-10-29(35)32-37/h11-14,16-19,21,28,37H,3-10,15,20H2,1-2H3,(H,31,36)(H,32,35). The van der Waals surface area contributed by atoms with E-state index >= 15 is 0 Å². The van der Waals surface area contributed by atoms with Gasteiger partial charge in [-0.1, -0.05) is 37.1 Å². The van der Waals surface area contributed by atoms with E-state index in [4.69, 9.17) is 5.21 Å². The van der Waals surface area contributed by atoms with Gasteiger partial charge < -0.3 is 10.2 Å². The molecule has 198 valence electrons. The number of allylic oxidation sites excluding steroid dienone is 1. The van der Waals surface area contributed by atoms with E-state index in [1.165, 1.54) is 5.56 Å². The van der Waals surface area contributed by atoms with Gasteiger partial charge in [0, 0.05) is 37.2 Å². The highest BCUT2D eigenvalue weighted by Gasteiger charge is 2.24. The van der Waals surface area contributed by atoms with Gasteiger partial charge in [-0.05, 0) is 86.6 Å². The first-order valence-electron chi connectivity index (χ1n) is 13.4. The number of nitrogens with zero attached hydrogens (tertiary/aromatic N) is 1. The number of rotatable bonds is 14. The average molecular weight is 506 g/mol. The van der Waals surface area contributed by atoms with E-state index in [-0.39, 0.29) is 23.6 Å². The number of fused-ring (bicyclic) bond motifs is 1. The van der Waals surface area contributed by atoms with Crippen LogP contribution in [0.15, 0.2) is 48.5 Å². The predicted octanol–water partition coefficient (Wildman–Crippen LogP) is 5.38. The lowest BCUT2D eigenvalue weighted by Gasteiger charge is -2.21. The number of hydroxylamine groups is 1. The van der Waals surface area contributed by atoms with Gasteiger partial charge in [0.15, 0.2) is 5.78 Å². The van der Waals surface area contributed by atoms with E-state index in [0.29, 0.717) is 24.8 Å². The molecular formula is C30H39N3O4. The second-order valence-corrected chi connectivity index (χ2v) is 9.49. The quantitative estimate of drug-likeness (QED) is 0.139. The van der Waals surface area contributed by atoms with Crippen LogP contribution in [0.4, 0.5) is 5.69 Å². The van der Waals surface area contributed by atoms with Crippen LogP contribution in [0.1, 0.15) is 91.9 Å². The first-order chi connectivity index (χ1) is 17.9. The van der Waals surface area contributed by atoms with Crippen molar-refractivity contribution in [2.24, 2.45) is 0 Å². The van der Waals surface area contributed by atoms with Gasteiger partial charge in [0.25, 0.3) is 5.91 Å². The molecule has 0 bridgehead atoms. The molecule has 37 heavy (non-hydrogen) atoms. The minimum atomic E-state index is -0.372. The summed E-state index contributed by atoms with van der Waals surface area (Å²) in [7, 11) is 0. The average Bonchev–Trinajstić information content (AvgIpc) is 3.32. The first kappa shape index (κ1) is 28.1. The molecule has 2 aromatic rings. The van der Waals surface area contributed by atoms with Crippen LogP contribution < -0.4 is 15.7 Å². The van der Waals surface area contributed by atoms with Crippen LogP contribution in [0, 0.1) is 0 Å². The molecule has 2 aromatic carbocycles. The van der Waals surface area contributed by atoms with Crippen molar-refractivity contribution in [1.82, 2.24) is 10.8 Å². The second kappa shape index (κ2) is 14.3. The zero-order valence-corrected chi connectivity index (χ0v) is 22.0. The Morgan fingerprint density at radius 1 is 0.973 bits per heavy atom. The van der Waals surface area contributed by atoms with Gasteiger partial charge in [0.05, 0.1) is 6.04 Å². The largest absolute Gasteiger partial charge is 0.372 e. The third-order valence-corrected chi connectivity index (χ3v) is 6.97. The fourth-order valence-electron chi connectivity index (χ4n) is 4.81. The first-order valence-corrected chi connectivity index (χ1v) is 13.4. The molecule has 3 rings (SSSR count). The van der Waals surface area contributed by atoms with Crippen molar-refractivity contribution in [2.75, 3.05) is 18.0 Å². The van der Waals surface area contributed by atoms with Gasteiger partial charge in [-0.15, -0.1) is 0 Å². The van der Waals surface area contributed by atoms with Crippen molar-refractivity contribution >= 4 is 29.4 Å². The van der Waals surface area contributed by atoms with Crippen LogP contribution in [-0.4, -0.2) is 35.9 Å². The van der Waals surface area contributed by atoms with Gasteiger partial charge >= 0.3 is 0 Å². The lowest BCUT2D eigenvalue weighted by atomic mass is 10.0. The van der Waals surface area contributed by atoms with Crippen LogP contribution in [0.25, 0.3) is 6.08 Å². The monoisotopic (exact) mass is 505 g/mol. The fraction of sp³-hybridized carbons (Fsp3) is 0.433. The number of hydrogen-bond donors (Lipinski definition) is 3. The molecule has 1 aliphatic rings. The van der Waals surface area contributed by atoms with Gasteiger partial charge in [-0.25, -0.2) is 5.48 Å².